The minimum atomic E-state index is 0. The van der Waals surface area contributed by atoms with Crippen molar-refractivity contribution >= 4 is 5.78 Å². The van der Waals surface area contributed by atoms with Crippen molar-refractivity contribution < 1.29 is 70.2 Å². The number of Topliss-reactive ketones (excluding diaryl/α,β-unsaturated/α-hetero) is 1. The average molecular weight is 338 g/mol. The van der Waals surface area contributed by atoms with Crippen molar-refractivity contribution in [2.45, 2.75) is 20.3 Å². The number of carbonyl (C=O) groups is 1. The van der Waals surface area contributed by atoms with E-state index in [4.69, 9.17) is 0 Å². The molecule has 0 amide bonds. The van der Waals surface area contributed by atoms with Gasteiger partial charge in [0.2, 0.25) is 0 Å². The standard InChI is InChI=1S/C11H12O.2Y/c1-9(2)11(12)8-10-6-4-3-5-7-10;;/h3-6H,8H2,1-2H3;;/q-2;;. The number of benzene rings is 1. The third-order valence-electron chi connectivity index (χ3n) is 1.68. The first-order valence-electron chi connectivity index (χ1n) is 3.99. The molecule has 1 aromatic carbocycles. The molecule has 0 N–H and O–H groups in total. The van der Waals surface area contributed by atoms with Crippen LogP contribution < -0.4 is 0 Å². The first kappa shape index (κ1) is 17.4. The van der Waals surface area contributed by atoms with Crippen LogP contribution in [0.4, 0.5) is 0 Å². The SMILES string of the molecule is C[C-](C)C(=O)Cc1[c-]cccc1.[Y].[Y]. The van der Waals surface area contributed by atoms with Gasteiger partial charge in [-0.1, -0.05) is 0 Å². The van der Waals surface area contributed by atoms with Crippen LogP contribution in [0.1, 0.15) is 19.4 Å². The Labute approximate surface area is 136 Å². The van der Waals surface area contributed by atoms with Gasteiger partial charge in [-0.05, 0) is 6.42 Å². The van der Waals surface area contributed by atoms with Gasteiger partial charge in [-0.15, -0.1) is 0 Å². The van der Waals surface area contributed by atoms with Gasteiger partial charge in [-0.2, -0.15) is 49.7 Å². The van der Waals surface area contributed by atoms with Crippen molar-refractivity contribution in [1.82, 2.24) is 0 Å². The van der Waals surface area contributed by atoms with Gasteiger partial charge in [-0.25, -0.2) is 0 Å². The number of carbonyl (C=O) groups excluding carboxylic acids is 1. The number of rotatable bonds is 3. The molecule has 0 aliphatic carbocycles. The van der Waals surface area contributed by atoms with Gasteiger partial charge in [0.05, 0.1) is 0 Å². The molecule has 0 saturated carbocycles. The molecule has 0 fully saturated rings. The Hall–Kier alpha value is 0.968. The molecule has 1 aromatic rings. The average Bonchev–Trinajstić information content (AvgIpc) is 2.06. The maximum absolute atomic E-state index is 11.3. The molecular formula is C11H12OY2-2. The summed E-state index contributed by atoms with van der Waals surface area (Å²) < 4.78 is 0. The predicted octanol–water partition coefficient (Wildman–Crippen LogP) is 2.21. The van der Waals surface area contributed by atoms with E-state index in [1.807, 2.05) is 38.1 Å². The molecule has 14 heavy (non-hydrogen) atoms. The molecular weight excluding hydrogens is 326 g/mol. The van der Waals surface area contributed by atoms with Gasteiger partial charge < -0.3 is 10.7 Å². The molecule has 0 bridgehead atoms. The van der Waals surface area contributed by atoms with Gasteiger partial charge in [-0.3, -0.25) is 0 Å². The Morgan fingerprint density at radius 1 is 1.36 bits per heavy atom. The molecule has 1 nitrogen and oxygen atoms in total. The summed E-state index contributed by atoms with van der Waals surface area (Å²) >= 11 is 0. The van der Waals surface area contributed by atoms with Gasteiger partial charge >= 0.3 is 0 Å². The minimum absolute atomic E-state index is 0. The summed E-state index contributed by atoms with van der Waals surface area (Å²) in [5, 5.41) is 0. The summed E-state index contributed by atoms with van der Waals surface area (Å²) in [7, 11) is 0. The van der Waals surface area contributed by atoms with Gasteiger partial charge in [0, 0.05) is 71.2 Å². The summed E-state index contributed by atoms with van der Waals surface area (Å²) in [5.41, 5.74) is 0.962. The molecule has 0 unspecified atom stereocenters. The largest absolute Gasteiger partial charge is 0.334 e. The molecule has 0 aliphatic rings. The first-order valence-corrected chi connectivity index (χ1v) is 3.99. The summed E-state index contributed by atoms with van der Waals surface area (Å²) in [6.45, 7) is 3.68. The van der Waals surface area contributed by atoms with E-state index in [1.165, 1.54) is 0 Å². The fourth-order valence-electron chi connectivity index (χ4n) is 0.890. The molecule has 1 rings (SSSR count). The number of hydrogen-bond donors (Lipinski definition) is 0. The Bertz CT molecular complexity index is 257. The van der Waals surface area contributed by atoms with Crippen molar-refractivity contribution in [3.05, 3.63) is 41.8 Å². The van der Waals surface area contributed by atoms with Crippen LogP contribution in [-0.2, 0) is 76.6 Å². The quantitative estimate of drug-likeness (QED) is 0.773. The summed E-state index contributed by atoms with van der Waals surface area (Å²) in [4.78, 5) is 11.3. The molecule has 0 saturated heterocycles. The predicted molar refractivity (Wildman–Crippen MR) is 48.6 cm³/mol. The zero-order valence-electron chi connectivity index (χ0n) is 8.58. The normalized spacial score (nSPS) is 8.14. The van der Waals surface area contributed by atoms with Gasteiger partial charge in [0.25, 0.3) is 0 Å². The van der Waals surface area contributed by atoms with E-state index >= 15 is 0 Å². The second kappa shape index (κ2) is 9.21. The molecule has 0 aromatic heterocycles. The van der Waals surface area contributed by atoms with Crippen molar-refractivity contribution in [1.29, 1.82) is 0 Å². The minimum Gasteiger partial charge on any atom is -0.334 e. The van der Waals surface area contributed by atoms with Crippen LogP contribution in [0.25, 0.3) is 0 Å². The maximum Gasteiger partial charge on any atom is 0.00335 e. The van der Waals surface area contributed by atoms with E-state index < -0.39 is 0 Å². The van der Waals surface area contributed by atoms with Crippen LogP contribution in [0, 0.1) is 12.0 Å². The summed E-state index contributed by atoms with van der Waals surface area (Å²) in [6, 6.07) is 10.6. The van der Waals surface area contributed by atoms with Crippen LogP contribution >= 0.6 is 0 Å². The Kier molecular flexibility index (Phi) is 11.4. The second-order valence-electron chi connectivity index (χ2n) is 2.99. The molecule has 0 atom stereocenters. The Morgan fingerprint density at radius 3 is 2.43 bits per heavy atom. The van der Waals surface area contributed by atoms with Crippen LogP contribution in [0.3, 0.4) is 0 Å². The smallest absolute Gasteiger partial charge is 0.00335 e. The van der Waals surface area contributed by atoms with E-state index in [9.17, 15) is 4.79 Å². The van der Waals surface area contributed by atoms with E-state index in [1.54, 1.807) is 0 Å². The van der Waals surface area contributed by atoms with Crippen LogP contribution in [0.5, 0.6) is 0 Å². The monoisotopic (exact) mass is 338 g/mol. The van der Waals surface area contributed by atoms with Crippen LogP contribution in [0.15, 0.2) is 24.3 Å². The zero-order valence-corrected chi connectivity index (χ0v) is 14.3. The molecule has 70 valence electrons. The molecule has 3 heteroatoms. The van der Waals surface area contributed by atoms with E-state index in [-0.39, 0.29) is 71.2 Å². The zero-order chi connectivity index (χ0) is 8.97. The fraction of sp³-hybridized carbons (Fsp3) is 0.273. The van der Waals surface area contributed by atoms with Gasteiger partial charge in [0.15, 0.2) is 0 Å². The van der Waals surface area contributed by atoms with Crippen molar-refractivity contribution in [3.63, 3.8) is 0 Å². The van der Waals surface area contributed by atoms with E-state index in [2.05, 4.69) is 6.07 Å². The van der Waals surface area contributed by atoms with Crippen LogP contribution in [-0.4, -0.2) is 5.78 Å². The summed E-state index contributed by atoms with van der Waals surface area (Å²) in [6.07, 6.45) is 0.475. The van der Waals surface area contributed by atoms with Crippen molar-refractivity contribution in [3.8, 4) is 0 Å². The Balaban J connectivity index is 0. The van der Waals surface area contributed by atoms with Crippen molar-refractivity contribution in [2.75, 3.05) is 0 Å². The summed E-state index contributed by atoms with van der Waals surface area (Å²) in [5.74, 6) is 1.05. The van der Waals surface area contributed by atoms with E-state index in [0.29, 0.717) is 6.42 Å². The van der Waals surface area contributed by atoms with Gasteiger partial charge in [0.1, 0.15) is 0 Å². The number of ketones is 1. The molecule has 0 aliphatic heterocycles. The second-order valence-corrected chi connectivity index (χ2v) is 2.99. The van der Waals surface area contributed by atoms with Crippen LogP contribution in [0.2, 0.25) is 0 Å². The molecule has 0 spiro atoms. The molecule has 0 heterocycles. The third kappa shape index (κ3) is 6.45. The first-order chi connectivity index (χ1) is 5.70. The third-order valence-corrected chi connectivity index (χ3v) is 1.68. The fourth-order valence-corrected chi connectivity index (χ4v) is 0.890. The van der Waals surface area contributed by atoms with E-state index in [0.717, 1.165) is 11.5 Å². The number of hydrogen-bond acceptors (Lipinski definition) is 1. The maximum atomic E-state index is 11.3. The Morgan fingerprint density at radius 2 is 2.00 bits per heavy atom. The molecule has 2 radical (unpaired) electrons. The van der Waals surface area contributed by atoms with Crippen molar-refractivity contribution in [2.24, 2.45) is 0 Å². The topological polar surface area (TPSA) is 17.1 Å².